The molecule has 1 aromatic heterocycles. The van der Waals surface area contributed by atoms with E-state index in [9.17, 15) is 4.79 Å². The molecule has 1 unspecified atom stereocenters. The fourth-order valence-electron chi connectivity index (χ4n) is 3.20. The number of amides is 1. The number of nitrogens with one attached hydrogen (secondary N) is 1. The minimum atomic E-state index is -0.170. The predicted molar refractivity (Wildman–Crippen MR) is 117 cm³/mol. The SMILES string of the molecule is Cc1noc(C)c1COc1cccc(C(=O)NCC(c2ccccc2Cl)N(C)C)c1. The van der Waals surface area contributed by atoms with Crippen molar-refractivity contribution < 1.29 is 14.1 Å². The first-order valence-corrected chi connectivity index (χ1v) is 10.1. The molecule has 1 atom stereocenters. The van der Waals surface area contributed by atoms with Crippen LogP contribution in [0.5, 0.6) is 5.75 Å². The highest BCUT2D eigenvalue weighted by Crippen LogP contribution is 2.25. The van der Waals surface area contributed by atoms with E-state index in [1.807, 2.05) is 63.2 Å². The number of hydrogen-bond acceptors (Lipinski definition) is 5. The zero-order valence-electron chi connectivity index (χ0n) is 17.6. The van der Waals surface area contributed by atoms with E-state index in [0.29, 0.717) is 29.5 Å². The standard InChI is InChI=1S/C23H26ClN3O3/c1-15-20(16(2)30-26-15)14-29-18-9-7-8-17(12-18)23(28)25-13-22(27(3)4)19-10-5-6-11-21(19)24/h5-12,22H,13-14H2,1-4H3,(H,25,28). The maximum atomic E-state index is 12.7. The summed E-state index contributed by atoms with van der Waals surface area (Å²) in [6, 6.07) is 14.7. The predicted octanol–water partition coefficient (Wildman–Crippen LogP) is 4.56. The lowest BCUT2D eigenvalue weighted by atomic mass is 10.1. The third-order valence-electron chi connectivity index (χ3n) is 5.00. The van der Waals surface area contributed by atoms with Crippen molar-refractivity contribution in [3.63, 3.8) is 0 Å². The van der Waals surface area contributed by atoms with Gasteiger partial charge in [-0.05, 0) is 57.8 Å². The third kappa shape index (κ3) is 5.20. The van der Waals surface area contributed by atoms with Gasteiger partial charge in [-0.25, -0.2) is 0 Å². The van der Waals surface area contributed by atoms with Crippen LogP contribution in [0, 0.1) is 13.8 Å². The van der Waals surface area contributed by atoms with Crippen LogP contribution in [0.2, 0.25) is 5.02 Å². The molecule has 0 fully saturated rings. The minimum Gasteiger partial charge on any atom is -0.489 e. The molecule has 1 N–H and O–H groups in total. The van der Waals surface area contributed by atoms with Crippen molar-refractivity contribution in [3.8, 4) is 5.75 Å². The van der Waals surface area contributed by atoms with Crippen LogP contribution < -0.4 is 10.1 Å². The molecule has 30 heavy (non-hydrogen) atoms. The maximum Gasteiger partial charge on any atom is 0.251 e. The van der Waals surface area contributed by atoms with Crippen LogP contribution in [0.1, 0.15) is 39.0 Å². The average Bonchev–Trinajstić information content (AvgIpc) is 3.05. The van der Waals surface area contributed by atoms with Crippen molar-refractivity contribution >= 4 is 17.5 Å². The van der Waals surface area contributed by atoms with Crippen LogP contribution in [0.3, 0.4) is 0 Å². The number of halogens is 1. The molecule has 0 aliphatic carbocycles. The van der Waals surface area contributed by atoms with Crippen molar-refractivity contribution in [1.29, 1.82) is 0 Å². The van der Waals surface area contributed by atoms with Crippen LogP contribution >= 0.6 is 11.6 Å². The van der Waals surface area contributed by atoms with Crippen LogP contribution in [0.4, 0.5) is 0 Å². The van der Waals surface area contributed by atoms with Gasteiger partial charge in [-0.1, -0.05) is 41.0 Å². The van der Waals surface area contributed by atoms with Gasteiger partial charge >= 0.3 is 0 Å². The van der Waals surface area contributed by atoms with Crippen molar-refractivity contribution in [2.45, 2.75) is 26.5 Å². The van der Waals surface area contributed by atoms with Crippen molar-refractivity contribution in [3.05, 3.63) is 81.7 Å². The first kappa shape index (κ1) is 21.9. The Hall–Kier alpha value is -2.83. The van der Waals surface area contributed by atoms with Crippen molar-refractivity contribution in [1.82, 2.24) is 15.4 Å². The third-order valence-corrected chi connectivity index (χ3v) is 5.35. The fraction of sp³-hybridized carbons (Fsp3) is 0.304. The smallest absolute Gasteiger partial charge is 0.251 e. The number of hydrogen-bond donors (Lipinski definition) is 1. The van der Waals surface area contributed by atoms with Gasteiger partial charge in [-0.3, -0.25) is 4.79 Å². The number of benzene rings is 2. The number of rotatable bonds is 8. The zero-order valence-corrected chi connectivity index (χ0v) is 18.4. The van der Waals surface area contributed by atoms with Gasteiger partial charge in [0, 0.05) is 17.1 Å². The monoisotopic (exact) mass is 427 g/mol. The molecule has 6 nitrogen and oxygen atoms in total. The van der Waals surface area contributed by atoms with Crippen molar-refractivity contribution in [2.75, 3.05) is 20.6 Å². The Kier molecular flexibility index (Phi) is 7.13. The summed E-state index contributed by atoms with van der Waals surface area (Å²) in [5.74, 6) is 1.17. The second-order valence-electron chi connectivity index (χ2n) is 7.33. The van der Waals surface area contributed by atoms with E-state index >= 15 is 0 Å². The topological polar surface area (TPSA) is 67.6 Å². The van der Waals surface area contributed by atoms with Gasteiger partial charge in [0.15, 0.2) is 0 Å². The summed E-state index contributed by atoms with van der Waals surface area (Å²) >= 11 is 6.35. The molecule has 1 heterocycles. The second-order valence-corrected chi connectivity index (χ2v) is 7.74. The summed E-state index contributed by atoms with van der Waals surface area (Å²) in [6.45, 7) is 4.49. The zero-order chi connectivity index (χ0) is 21.7. The highest BCUT2D eigenvalue weighted by Gasteiger charge is 2.18. The highest BCUT2D eigenvalue weighted by atomic mass is 35.5. The Balaban J connectivity index is 1.65. The molecule has 0 aliphatic heterocycles. The quantitative estimate of drug-likeness (QED) is 0.571. The highest BCUT2D eigenvalue weighted by molar-refractivity contribution is 6.31. The van der Waals surface area contributed by atoms with Gasteiger partial charge in [0.1, 0.15) is 18.1 Å². The Bertz CT molecular complexity index is 997. The molecule has 0 radical (unpaired) electrons. The number of aromatic nitrogens is 1. The molecule has 3 rings (SSSR count). The van der Waals surface area contributed by atoms with Crippen LogP contribution in [-0.2, 0) is 6.61 Å². The summed E-state index contributed by atoms with van der Waals surface area (Å²) < 4.78 is 11.0. The van der Waals surface area contributed by atoms with Gasteiger partial charge in [0.2, 0.25) is 0 Å². The molecule has 0 aliphatic rings. The van der Waals surface area contributed by atoms with Crippen LogP contribution in [0.15, 0.2) is 53.1 Å². The number of carbonyl (C=O) groups is 1. The van der Waals surface area contributed by atoms with Gasteiger partial charge < -0.3 is 19.5 Å². The Morgan fingerprint density at radius 3 is 2.63 bits per heavy atom. The lowest BCUT2D eigenvalue weighted by molar-refractivity contribution is 0.0941. The molecule has 0 bridgehead atoms. The van der Waals surface area contributed by atoms with E-state index in [1.165, 1.54) is 0 Å². The average molecular weight is 428 g/mol. The maximum absolute atomic E-state index is 12.7. The van der Waals surface area contributed by atoms with E-state index in [-0.39, 0.29) is 11.9 Å². The molecule has 158 valence electrons. The lowest BCUT2D eigenvalue weighted by Gasteiger charge is -2.26. The summed E-state index contributed by atoms with van der Waals surface area (Å²) in [6.07, 6.45) is 0. The minimum absolute atomic E-state index is 0.0402. The number of ether oxygens (including phenoxy) is 1. The van der Waals surface area contributed by atoms with Gasteiger partial charge in [0.25, 0.3) is 5.91 Å². The molecular weight excluding hydrogens is 402 g/mol. The number of likely N-dealkylation sites (N-methyl/N-ethyl adjacent to an activating group) is 1. The van der Waals surface area contributed by atoms with E-state index in [2.05, 4.69) is 10.5 Å². The summed E-state index contributed by atoms with van der Waals surface area (Å²) in [5.41, 5.74) is 3.22. The Morgan fingerprint density at radius 1 is 1.20 bits per heavy atom. The molecule has 7 heteroatoms. The number of nitrogens with zero attached hydrogens (tertiary/aromatic N) is 2. The molecule has 1 amide bonds. The van der Waals surface area contributed by atoms with Gasteiger partial charge in [-0.15, -0.1) is 0 Å². The molecule has 3 aromatic rings. The van der Waals surface area contributed by atoms with Gasteiger partial charge in [0.05, 0.1) is 17.3 Å². The van der Waals surface area contributed by atoms with Gasteiger partial charge in [-0.2, -0.15) is 0 Å². The summed E-state index contributed by atoms with van der Waals surface area (Å²) in [4.78, 5) is 14.8. The Labute approximate surface area is 181 Å². The van der Waals surface area contributed by atoms with E-state index in [0.717, 1.165) is 22.6 Å². The molecule has 0 saturated heterocycles. The number of carbonyl (C=O) groups excluding carboxylic acids is 1. The Morgan fingerprint density at radius 2 is 1.97 bits per heavy atom. The normalized spacial score (nSPS) is 12.1. The van der Waals surface area contributed by atoms with E-state index < -0.39 is 0 Å². The summed E-state index contributed by atoms with van der Waals surface area (Å²) in [5, 5.41) is 7.61. The first-order valence-electron chi connectivity index (χ1n) is 9.70. The van der Waals surface area contributed by atoms with E-state index in [4.69, 9.17) is 20.9 Å². The number of aryl methyl sites for hydroxylation is 2. The second kappa shape index (κ2) is 9.78. The molecular formula is C23H26ClN3O3. The lowest BCUT2D eigenvalue weighted by Crippen LogP contribution is -2.34. The first-order chi connectivity index (χ1) is 14.4. The fourth-order valence-corrected chi connectivity index (χ4v) is 3.46. The molecule has 0 spiro atoms. The van der Waals surface area contributed by atoms with Crippen LogP contribution in [-0.4, -0.2) is 36.6 Å². The van der Waals surface area contributed by atoms with Crippen LogP contribution in [0.25, 0.3) is 0 Å². The largest absolute Gasteiger partial charge is 0.489 e. The molecule has 2 aromatic carbocycles. The van der Waals surface area contributed by atoms with E-state index in [1.54, 1.807) is 18.2 Å². The van der Waals surface area contributed by atoms with Crippen molar-refractivity contribution in [2.24, 2.45) is 0 Å². The summed E-state index contributed by atoms with van der Waals surface area (Å²) in [7, 11) is 3.92. The molecule has 0 saturated carbocycles.